The highest BCUT2D eigenvalue weighted by Gasteiger charge is 2.20. The SMILES string of the molecule is NCC1CCCC(CN=C(NCCc2ccc(O)cc2)Nc2ccccc2)C1. The van der Waals surface area contributed by atoms with Crippen molar-refractivity contribution in [3.63, 3.8) is 0 Å². The predicted octanol–water partition coefficient (Wildman–Crippen LogP) is 3.76. The number of aromatic hydroxyl groups is 1. The summed E-state index contributed by atoms with van der Waals surface area (Å²) in [5, 5.41) is 16.3. The molecule has 0 heterocycles. The summed E-state index contributed by atoms with van der Waals surface area (Å²) in [6.07, 6.45) is 5.82. The van der Waals surface area contributed by atoms with Crippen LogP contribution < -0.4 is 16.4 Å². The molecule has 1 saturated carbocycles. The fraction of sp³-hybridized carbons (Fsp3) is 0.435. The lowest BCUT2D eigenvalue weighted by Gasteiger charge is -2.27. The van der Waals surface area contributed by atoms with E-state index < -0.39 is 0 Å². The van der Waals surface area contributed by atoms with Gasteiger partial charge in [-0.05, 0) is 73.9 Å². The summed E-state index contributed by atoms with van der Waals surface area (Å²) in [5.74, 6) is 2.39. The molecule has 0 bridgehead atoms. The van der Waals surface area contributed by atoms with Crippen LogP contribution in [0, 0.1) is 11.8 Å². The van der Waals surface area contributed by atoms with Crippen LogP contribution in [0.5, 0.6) is 5.75 Å². The molecule has 1 aliphatic rings. The third-order valence-electron chi connectivity index (χ3n) is 5.41. The van der Waals surface area contributed by atoms with Gasteiger partial charge >= 0.3 is 0 Å². The molecule has 0 saturated heterocycles. The van der Waals surface area contributed by atoms with Gasteiger partial charge in [0.2, 0.25) is 0 Å². The Bertz CT molecular complexity index is 730. The fourth-order valence-corrected chi connectivity index (χ4v) is 3.79. The molecule has 1 aliphatic carbocycles. The zero-order chi connectivity index (χ0) is 19.6. The highest BCUT2D eigenvalue weighted by Crippen LogP contribution is 2.28. The average molecular weight is 381 g/mol. The van der Waals surface area contributed by atoms with Crippen molar-refractivity contribution >= 4 is 11.6 Å². The van der Waals surface area contributed by atoms with Crippen LogP contribution in [0.3, 0.4) is 0 Å². The molecular weight excluding hydrogens is 348 g/mol. The van der Waals surface area contributed by atoms with Crippen LogP contribution in [0.4, 0.5) is 5.69 Å². The molecule has 5 nitrogen and oxygen atoms in total. The van der Waals surface area contributed by atoms with Gasteiger partial charge in [0.1, 0.15) is 5.75 Å². The van der Waals surface area contributed by atoms with Crippen LogP contribution in [0.1, 0.15) is 31.2 Å². The van der Waals surface area contributed by atoms with Crippen molar-refractivity contribution < 1.29 is 5.11 Å². The van der Waals surface area contributed by atoms with Gasteiger partial charge in [-0.15, -0.1) is 0 Å². The summed E-state index contributed by atoms with van der Waals surface area (Å²) in [6, 6.07) is 17.5. The number of phenols is 1. The molecule has 2 atom stereocenters. The van der Waals surface area contributed by atoms with Gasteiger partial charge in [0.05, 0.1) is 0 Å². The van der Waals surface area contributed by atoms with Gasteiger partial charge in [-0.3, -0.25) is 4.99 Å². The molecule has 0 radical (unpaired) electrons. The van der Waals surface area contributed by atoms with Crippen molar-refractivity contribution in [2.45, 2.75) is 32.1 Å². The summed E-state index contributed by atoms with van der Waals surface area (Å²) < 4.78 is 0. The Labute approximate surface area is 168 Å². The van der Waals surface area contributed by atoms with Crippen molar-refractivity contribution in [2.24, 2.45) is 22.6 Å². The number of aliphatic imine (C=N–C) groups is 1. The van der Waals surface area contributed by atoms with Gasteiger partial charge < -0.3 is 21.5 Å². The number of guanidine groups is 1. The van der Waals surface area contributed by atoms with Gasteiger partial charge in [-0.2, -0.15) is 0 Å². The predicted molar refractivity (Wildman–Crippen MR) is 117 cm³/mol. The Balaban J connectivity index is 1.58. The molecule has 28 heavy (non-hydrogen) atoms. The molecule has 0 aliphatic heterocycles. The number of hydrogen-bond donors (Lipinski definition) is 4. The Morgan fingerprint density at radius 1 is 1.04 bits per heavy atom. The Hall–Kier alpha value is -2.53. The average Bonchev–Trinajstić information content (AvgIpc) is 2.74. The smallest absolute Gasteiger partial charge is 0.195 e. The topological polar surface area (TPSA) is 82.7 Å². The van der Waals surface area contributed by atoms with Crippen LogP contribution in [-0.4, -0.2) is 30.7 Å². The maximum atomic E-state index is 9.41. The first kappa shape index (κ1) is 20.2. The molecule has 150 valence electrons. The van der Waals surface area contributed by atoms with Crippen LogP contribution in [0.2, 0.25) is 0 Å². The van der Waals surface area contributed by atoms with Crippen molar-refractivity contribution in [1.29, 1.82) is 0 Å². The summed E-state index contributed by atoms with van der Waals surface area (Å²) in [6.45, 7) is 2.40. The van der Waals surface area contributed by atoms with E-state index in [0.29, 0.717) is 17.6 Å². The van der Waals surface area contributed by atoms with Crippen molar-refractivity contribution in [1.82, 2.24) is 5.32 Å². The summed E-state index contributed by atoms with van der Waals surface area (Å²) >= 11 is 0. The molecule has 0 amide bonds. The van der Waals surface area contributed by atoms with Crippen LogP contribution >= 0.6 is 0 Å². The molecule has 5 heteroatoms. The second-order valence-electron chi connectivity index (χ2n) is 7.66. The second kappa shape index (κ2) is 10.7. The third kappa shape index (κ3) is 6.57. The number of hydrogen-bond acceptors (Lipinski definition) is 3. The summed E-state index contributed by atoms with van der Waals surface area (Å²) in [7, 11) is 0. The van der Waals surface area contributed by atoms with Crippen molar-refractivity contribution in [2.75, 3.05) is 25.0 Å². The Kier molecular flexibility index (Phi) is 7.73. The number of phenolic OH excluding ortho intramolecular Hbond substituents is 1. The number of nitrogens with one attached hydrogen (secondary N) is 2. The molecule has 2 aromatic carbocycles. The van der Waals surface area contributed by atoms with Crippen LogP contribution in [0.25, 0.3) is 0 Å². The van der Waals surface area contributed by atoms with E-state index in [1.54, 1.807) is 12.1 Å². The minimum absolute atomic E-state index is 0.299. The molecular formula is C23H32N4O. The van der Waals surface area contributed by atoms with Gasteiger partial charge in [0.25, 0.3) is 0 Å². The van der Waals surface area contributed by atoms with Gasteiger partial charge in [0.15, 0.2) is 5.96 Å². The van der Waals surface area contributed by atoms with Crippen LogP contribution in [-0.2, 0) is 6.42 Å². The quantitative estimate of drug-likeness (QED) is 0.435. The summed E-state index contributed by atoms with van der Waals surface area (Å²) in [5.41, 5.74) is 8.09. The lowest BCUT2D eigenvalue weighted by Crippen LogP contribution is -2.33. The maximum Gasteiger partial charge on any atom is 0.195 e. The van der Waals surface area contributed by atoms with Crippen LogP contribution in [0.15, 0.2) is 59.6 Å². The maximum absolute atomic E-state index is 9.41. The molecule has 1 fully saturated rings. The molecule has 5 N–H and O–H groups in total. The normalized spacial score (nSPS) is 20.0. The van der Waals surface area contributed by atoms with Crippen molar-refractivity contribution in [3.8, 4) is 5.75 Å². The first-order chi connectivity index (χ1) is 13.7. The van der Waals surface area contributed by atoms with E-state index in [4.69, 9.17) is 10.7 Å². The minimum atomic E-state index is 0.299. The van der Waals surface area contributed by atoms with E-state index in [0.717, 1.165) is 37.7 Å². The number of rotatable bonds is 7. The monoisotopic (exact) mass is 380 g/mol. The molecule has 0 spiro atoms. The molecule has 2 unspecified atom stereocenters. The van der Waals surface area contributed by atoms with Gasteiger partial charge in [0, 0.05) is 18.8 Å². The lowest BCUT2D eigenvalue weighted by atomic mass is 9.81. The van der Waals surface area contributed by atoms with E-state index in [-0.39, 0.29) is 0 Å². The standard InChI is InChI=1S/C23H32N4O/c24-16-19-5-4-6-20(15-19)17-26-23(27-21-7-2-1-3-8-21)25-14-13-18-9-11-22(28)12-10-18/h1-3,7-12,19-20,28H,4-6,13-17,24H2,(H2,25,26,27). The highest BCUT2D eigenvalue weighted by atomic mass is 16.3. The second-order valence-corrected chi connectivity index (χ2v) is 7.66. The van der Waals surface area contributed by atoms with E-state index in [9.17, 15) is 5.11 Å². The first-order valence-electron chi connectivity index (χ1n) is 10.3. The zero-order valence-corrected chi connectivity index (χ0v) is 16.5. The number of benzene rings is 2. The molecule has 0 aromatic heterocycles. The van der Waals surface area contributed by atoms with E-state index in [1.165, 1.54) is 31.2 Å². The third-order valence-corrected chi connectivity index (χ3v) is 5.41. The van der Waals surface area contributed by atoms with E-state index >= 15 is 0 Å². The highest BCUT2D eigenvalue weighted by molar-refractivity contribution is 5.93. The zero-order valence-electron chi connectivity index (χ0n) is 16.5. The minimum Gasteiger partial charge on any atom is -0.508 e. The van der Waals surface area contributed by atoms with Gasteiger partial charge in [-0.1, -0.05) is 36.8 Å². The first-order valence-corrected chi connectivity index (χ1v) is 10.3. The molecule has 2 aromatic rings. The van der Waals surface area contributed by atoms with E-state index in [1.807, 2.05) is 42.5 Å². The molecule has 3 rings (SSSR count). The Morgan fingerprint density at radius 2 is 1.79 bits per heavy atom. The number of para-hydroxylation sites is 1. The number of nitrogens with zero attached hydrogens (tertiary/aromatic N) is 1. The van der Waals surface area contributed by atoms with Gasteiger partial charge in [-0.25, -0.2) is 0 Å². The number of anilines is 1. The van der Waals surface area contributed by atoms with E-state index in [2.05, 4.69) is 10.6 Å². The lowest BCUT2D eigenvalue weighted by molar-refractivity contribution is 0.277. The number of nitrogens with two attached hydrogens (primary N) is 1. The summed E-state index contributed by atoms with van der Waals surface area (Å²) in [4.78, 5) is 4.87. The fourth-order valence-electron chi connectivity index (χ4n) is 3.79. The largest absolute Gasteiger partial charge is 0.508 e. The van der Waals surface area contributed by atoms with Crippen molar-refractivity contribution in [3.05, 3.63) is 60.2 Å². The Morgan fingerprint density at radius 3 is 2.54 bits per heavy atom.